The standard InChI is InChI=1S/C9H11BrN2/c10-7-4-6-2-1-3-12-9(6)5-8(7)11/h4-5,12H,1-3,11H2. The number of nitrogens with two attached hydrogens (primary N) is 1. The van der Waals surface area contributed by atoms with Crippen LogP contribution in [0.2, 0.25) is 0 Å². The molecule has 1 aromatic carbocycles. The van der Waals surface area contributed by atoms with Crippen molar-refractivity contribution in [2.75, 3.05) is 17.6 Å². The van der Waals surface area contributed by atoms with Gasteiger partial charge in [0.25, 0.3) is 0 Å². The molecule has 0 spiro atoms. The van der Waals surface area contributed by atoms with Gasteiger partial charge < -0.3 is 11.1 Å². The van der Waals surface area contributed by atoms with Crippen LogP contribution in [0.1, 0.15) is 12.0 Å². The summed E-state index contributed by atoms with van der Waals surface area (Å²) in [6.45, 7) is 1.06. The van der Waals surface area contributed by atoms with Crippen LogP contribution in [0.25, 0.3) is 0 Å². The highest BCUT2D eigenvalue weighted by molar-refractivity contribution is 9.10. The molecule has 0 aromatic heterocycles. The van der Waals surface area contributed by atoms with Crippen LogP contribution in [0, 0.1) is 0 Å². The molecular weight excluding hydrogens is 216 g/mol. The summed E-state index contributed by atoms with van der Waals surface area (Å²) < 4.78 is 1.00. The normalized spacial score (nSPS) is 15.1. The minimum absolute atomic E-state index is 0.808. The summed E-state index contributed by atoms with van der Waals surface area (Å²) >= 11 is 3.42. The van der Waals surface area contributed by atoms with Crippen LogP contribution in [0.5, 0.6) is 0 Å². The van der Waals surface area contributed by atoms with Gasteiger partial charge in [-0.25, -0.2) is 0 Å². The molecule has 3 heteroatoms. The minimum atomic E-state index is 0.808. The maximum atomic E-state index is 5.76. The topological polar surface area (TPSA) is 38.0 Å². The van der Waals surface area contributed by atoms with Gasteiger partial charge in [-0.3, -0.25) is 0 Å². The van der Waals surface area contributed by atoms with Crippen molar-refractivity contribution < 1.29 is 0 Å². The van der Waals surface area contributed by atoms with Crippen molar-refractivity contribution in [2.45, 2.75) is 12.8 Å². The van der Waals surface area contributed by atoms with Gasteiger partial charge in [-0.05, 0) is 46.5 Å². The highest BCUT2D eigenvalue weighted by atomic mass is 79.9. The van der Waals surface area contributed by atoms with E-state index in [9.17, 15) is 0 Å². The molecule has 0 saturated carbocycles. The fraction of sp³-hybridized carbons (Fsp3) is 0.333. The summed E-state index contributed by atoms with van der Waals surface area (Å²) in [6, 6.07) is 4.11. The van der Waals surface area contributed by atoms with Gasteiger partial charge in [-0.1, -0.05) is 0 Å². The molecule has 64 valence electrons. The Morgan fingerprint density at radius 1 is 1.42 bits per heavy atom. The number of aryl methyl sites for hydroxylation is 1. The Labute approximate surface area is 80.3 Å². The summed E-state index contributed by atoms with van der Waals surface area (Å²) in [5, 5.41) is 3.33. The summed E-state index contributed by atoms with van der Waals surface area (Å²) in [6.07, 6.45) is 2.37. The Kier molecular flexibility index (Phi) is 1.97. The van der Waals surface area contributed by atoms with E-state index in [4.69, 9.17) is 5.73 Å². The molecule has 0 atom stereocenters. The van der Waals surface area contributed by atoms with Crippen molar-refractivity contribution in [1.82, 2.24) is 0 Å². The monoisotopic (exact) mass is 226 g/mol. The largest absolute Gasteiger partial charge is 0.398 e. The van der Waals surface area contributed by atoms with Gasteiger partial charge in [0.15, 0.2) is 0 Å². The van der Waals surface area contributed by atoms with Crippen molar-refractivity contribution in [3.05, 3.63) is 22.2 Å². The number of rotatable bonds is 0. The first-order valence-electron chi connectivity index (χ1n) is 4.09. The summed E-state index contributed by atoms with van der Waals surface area (Å²) in [5.41, 5.74) is 9.13. The lowest BCUT2D eigenvalue weighted by molar-refractivity contribution is 0.830. The van der Waals surface area contributed by atoms with E-state index in [-0.39, 0.29) is 0 Å². The van der Waals surface area contributed by atoms with E-state index < -0.39 is 0 Å². The molecule has 3 N–H and O–H groups in total. The highest BCUT2D eigenvalue weighted by Crippen LogP contribution is 2.30. The molecule has 1 aromatic rings. The molecule has 0 saturated heterocycles. The predicted molar refractivity (Wildman–Crippen MR) is 55.4 cm³/mol. The van der Waals surface area contributed by atoms with E-state index in [0.29, 0.717) is 0 Å². The lowest BCUT2D eigenvalue weighted by atomic mass is 10.0. The average molecular weight is 227 g/mol. The highest BCUT2D eigenvalue weighted by Gasteiger charge is 2.09. The molecule has 1 aliphatic rings. The van der Waals surface area contributed by atoms with Crippen LogP contribution >= 0.6 is 15.9 Å². The van der Waals surface area contributed by atoms with Crippen molar-refractivity contribution in [3.63, 3.8) is 0 Å². The quantitative estimate of drug-likeness (QED) is 0.668. The van der Waals surface area contributed by atoms with E-state index in [2.05, 4.69) is 27.3 Å². The zero-order valence-electron chi connectivity index (χ0n) is 6.73. The minimum Gasteiger partial charge on any atom is -0.398 e. The Morgan fingerprint density at radius 2 is 2.25 bits per heavy atom. The van der Waals surface area contributed by atoms with Crippen LogP contribution in [0.3, 0.4) is 0 Å². The van der Waals surface area contributed by atoms with Gasteiger partial charge in [0.1, 0.15) is 0 Å². The molecule has 0 radical (unpaired) electrons. The van der Waals surface area contributed by atoms with Gasteiger partial charge in [0.05, 0.1) is 0 Å². The van der Waals surface area contributed by atoms with E-state index in [1.54, 1.807) is 0 Å². The first-order chi connectivity index (χ1) is 5.77. The van der Waals surface area contributed by atoms with Gasteiger partial charge in [0.2, 0.25) is 0 Å². The lowest BCUT2D eigenvalue weighted by Gasteiger charge is -2.18. The Hall–Kier alpha value is -0.700. The Morgan fingerprint density at radius 3 is 3.08 bits per heavy atom. The van der Waals surface area contributed by atoms with Gasteiger partial charge in [-0.2, -0.15) is 0 Å². The van der Waals surface area contributed by atoms with Crippen molar-refractivity contribution in [1.29, 1.82) is 0 Å². The molecule has 0 aliphatic carbocycles. The summed E-state index contributed by atoms with van der Waals surface area (Å²) in [4.78, 5) is 0. The summed E-state index contributed by atoms with van der Waals surface area (Å²) in [5.74, 6) is 0. The first kappa shape index (κ1) is 7.92. The molecule has 2 rings (SSSR count). The van der Waals surface area contributed by atoms with Crippen LogP contribution in [0.15, 0.2) is 16.6 Å². The number of benzene rings is 1. The van der Waals surface area contributed by atoms with Crippen molar-refractivity contribution in [3.8, 4) is 0 Å². The third-order valence-electron chi connectivity index (χ3n) is 2.16. The Balaban J connectivity index is 2.49. The average Bonchev–Trinajstić information content (AvgIpc) is 2.07. The molecule has 0 unspecified atom stereocenters. The van der Waals surface area contributed by atoms with Crippen molar-refractivity contribution >= 4 is 27.3 Å². The van der Waals surface area contributed by atoms with Crippen molar-refractivity contribution in [2.24, 2.45) is 0 Å². The number of nitrogens with one attached hydrogen (secondary N) is 1. The second-order valence-electron chi connectivity index (χ2n) is 3.06. The van der Waals surface area contributed by atoms with Crippen LogP contribution in [-0.2, 0) is 6.42 Å². The molecule has 0 fully saturated rings. The molecule has 1 aliphatic heterocycles. The Bertz CT molecular complexity index is 279. The predicted octanol–water partition coefficient (Wildman–Crippen LogP) is 2.39. The SMILES string of the molecule is Nc1cc2c(cc1Br)CCCN2. The fourth-order valence-corrected chi connectivity index (χ4v) is 1.90. The van der Waals surface area contributed by atoms with Crippen LogP contribution in [0.4, 0.5) is 11.4 Å². The number of hydrogen-bond acceptors (Lipinski definition) is 2. The molecular formula is C9H11BrN2. The van der Waals surface area contributed by atoms with E-state index in [1.165, 1.54) is 17.7 Å². The van der Waals surface area contributed by atoms with E-state index >= 15 is 0 Å². The second-order valence-corrected chi connectivity index (χ2v) is 3.92. The second kappa shape index (κ2) is 2.98. The number of fused-ring (bicyclic) bond motifs is 1. The van der Waals surface area contributed by atoms with Gasteiger partial charge in [0, 0.05) is 22.4 Å². The third-order valence-corrected chi connectivity index (χ3v) is 2.85. The van der Waals surface area contributed by atoms with E-state index in [0.717, 1.165) is 23.1 Å². The van der Waals surface area contributed by atoms with Crippen LogP contribution in [-0.4, -0.2) is 6.54 Å². The smallest absolute Gasteiger partial charge is 0.0479 e. The molecule has 12 heavy (non-hydrogen) atoms. The van der Waals surface area contributed by atoms with Gasteiger partial charge in [-0.15, -0.1) is 0 Å². The van der Waals surface area contributed by atoms with E-state index in [1.807, 2.05) is 6.07 Å². The third kappa shape index (κ3) is 1.29. The maximum Gasteiger partial charge on any atom is 0.0479 e. The van der Waals surface area contributed by atoms with Crippen LogP contribution < -0.4 is 11.1 Å². The molecule has 2 nitrogen and oxygen atoms in total. The molecule has 1 heterocycles. The zero-order valence-corrected chi connectivity index (χ0v) is 8.32. The number of anilines is 2. The van der Waals surface area contributed by atoms with Gasteiger partial charge >= 0.3 is 0 Å². The number of nitrogen functional groups attached to an aromatic ring is 1. The lowest BCUT2D eigenvalue weighted by Crippen LogP contribution is -2.11. The molecule has 0 bridgehead atoms. The number of halogens is 1. The maximum absolute atomic E-state index is 5.76. The zero-order chi connectivity index (χ0) is 8.55. The first-order valence-corrected chi connectivity index (χ1v) is 4.88. The molecule has 0 amide bonds. The summed E-state index contributed by atoms with van der Waals surface area (Å²) in [7, 11) is 0. The fourth-order valence-electron chi connectivity index (χ4n) is 1.50. The number of hydrogen-bond donors (Lipinski definition) is 2.